The molecule has 0 atom stereocenters. The maximum Gasteiger partial charge on any atom is 0.273 e. The van der Waals surface area contributed by atoms with Gasteiger partial charge in [0.05, 0.1) is 11.4 Å². The molecule has 2 aliphatic rings. The number of fused-ring (bicyclic) bond motifs is 1. The van der Waals surface area contributed by atoms with E-state index in [1.807, 2.05) is 40.6 Å². The first-order valence-electron chi connectivity index (χ1n) is 11.1. The summed E-state index contributed by atoms with van der Waals surface area (Å²) in [5.41, 5.74) is 1.08. The van der Waals surface area contributed by atoms with Gasteiger partial charge in [-0.15, -0.1) is 11.3 Å². The summed E-state index contributed by atoms with van der Waals surface area (Å²) in [5, 5.41) is 8.69. The van der Waals surface area contributed by atoms with E-state index >= 15 is 0 Å². The molecule has 9 heteroatoms. The summed E-state index contributed by atoms with van der Waals surface area (Å²) in [4.78, 5) is 28.4. The van der Waals surface area contributed by atoms with Crippen molar-refractivity contribution in [3.05, 3.63) is 63.7 Å². The van der Waals surface area contributed by atoms with Crippen molar-refractivity contribution in [1.82, 2.24) is 15.4 Å². The highest BCUT2D eigenvalue weighted by molar-refractivity contribution is 7.12. The van der Waals surface area contributed by atoms with Crippen molar-refractivity contribution in [3.63, 3.8) is 0 Å². The number of hydrogen-bond acceptors (Lipinski definition) is 7. The van der Waals surface area contributed by atoms with Crippen LogP contribution in [0.25, 0.3) is 0 Å². The first-order valence-corrected chi connectivity index (χ1v) is 12.0. The zero-order valence-corrected chi connectivity index (χ0v) is 18.9. The Morgan fingerprint density at radius 3 is 2.76 bits per heavy atom. The van der Waals surface area contributed by atoms with E-state index in [1.54, 1.807) is 6.07 Å². The van der Waals surface area contributed by atoms with E-state index < -0.39 is 0 Å². The number of aromatic nitrogens is 1. The molecule has 8 nitrogen and oxygen atoms in total. The third-order valence-corrected chi connectivity index (χ3v) is 6.87. The van der Waals surface area contributed by atoms with E-state index in [9.17, 15) is 9.59 Å². The molecule has 1 N–H and O–H groups in total. The van der Waals surface area contributed by atoms with E-state index in [-0.39, 0.29) is 30.3 Å². The van der Waals surface area contributed by atoms with Crippen LogP contribution in [0.3, 0.4) is 0 Å². The van der Waals surface area contributed by atoms with Crippen molar-refractivity contribution in [2.45, 2.75) is 51.2 Å². The minimum absolute atomic E-state index is 0.00195. The fourth-order valence-electron chi connectivity index (χ4n) is 4.29. The zero-order chi connectivity index (χ0) is 22.6. The Bertz CT molecular complexity index is 1120. The second kappa shape index (κ2) is 9.66. The van der Waals surface area contributed by atoms with Crippen molar-refractivity contribution in [3.8, 4) is 11.5 Å². The van der Waals surface area contributed by atoms with Crippen molar-refractivity contribution >= 4 is 23.2 Å². The molecule has 172 valence electrons. The van der Waals surface area contributed by atoms with Gasteiger partial charge in [-0.05, 0) is 42.0 Å². The van der Waals surface area contributed by atoms with Crippen LogP contribution in [0.5, 0.6) is 11.5 Å². The van der Waals surface area contributed by atoms with Gasteiger partial charge in [0.25, 0.3) is 11.8 Å². The molecule has 2 amide bonds. The fraction of sp³-hybridized carbons (Fsp3) is 0.375. The van der Waals surface area contributed by atoms with Crippen LogP contribution in [0.4, 0.5) is 0 Å². The summed E-state index contributed by atoms with van der Waals surface area (Å²) in [6.07, 6.45) is 5.39. The lowest BCUT2D eigenvalue weighted by molar-refractivity contribution is 0.0595. The first-order chi connectivity index (χ1) is 16.2. The minimum atomic E-state index is -0.337. The lowest BCUT2D eigenvalue weighted by Gasteiger charge is -2.33. The van der Waals surface area contributed by atoms with Gasteiger partial charge >= 0.3 is 0 Å². The third-order valence-electron chi connectivity index (χ3n) is 6.02. The maximum absolute atomic E-state index is 13.2. The first kappa shape index (κ1) is 21.5. The molecule has 1 aliphatic heterocycles. The Morgan fingerprint density at radius 1 is 1.09 bits per heavy atom. The van der Waals surface area contributed by atoms with Crippen molar-refractivity contribution < 1.29 is 23.6 Å². The normalized spacial score (nSPS) is 15.4. The second-order valence-corrected chi connectivity index (χ2v) is 9.20. The highest BCUT2D eigenvalue weighted by Gasteiger charge is 2.28. The largest absolute Gasteiger partial charge is 0.454 e. The number of carbonyl (C=O) groups excluding carboxylic acids is 2. The van der Waals surface area contributed by atoms with Gasteiger partial charge in [0.1, 0.15) is 0 Å². The summed E-state index contributed by atoms with van der Waals surface area (Å²) in [5.74, 6) is 1.53. The SMILES string of the molecule is O=C(NCc1ccc2c(c1)OCO2)c1cc(CN(C(=O)c2cccs2)C2CCCCC2)on1. The quantitative estimate of drug-likeness (QED) is 0.555. The predicted molar refractivity (Wildman–Crippen MR) is 121 cm³/mol. The molecule has 2 aromatic heterocycles. The Labute approximate surface area is 195 Å². The van der Waals surface area contributed by atoms with E-state index in [1.165, 1.54) is 17.8 Å². The summed E-state index contributed by atoms with van der Waals surface area (Å²) < 4.78 is 16.1. The molecule has 5 rings (SSSR count). The van der Waals surface area contributed by atoms with E-state index in [2.05, 4.69) is 10.5 Å². The van der Waals surface area contributed by atoms with Gasteiger partial charge in [-0.3, -0.25) is 9.59 Å². The predicted octanol–water partition coefficient (Wildman–Crippen LogP) is 4.37. The van der Waals surface area contributed by atoms with Crippen molar-refractivity contribution in [1.29, 1.82) is 0 Å². The molecule has 1 saturated carbocycles. The van der Waals surface area contributed by atoms with E-state index in [0.29, 0.717) is 35.2 Å². The average Bonchev–Trinajstić information content (AvgIpc) is 3.62. The molecule has 0 bridgehead atoms. The van der Waals surface area contributed by atoms with Gasteiger partial charge in [0.15, 0.2) is 23.0 Å². The number of amides is 2. The molecular formula is C24H25N3O5S. The van der Waals surface area contributed by atoms with Crippen molar-refractivity contribution in [2.24, 2.45) is 0 Å². The van der Waals surface area contributed by atoms with E-state index in [4.69, 9.17) is 14.0 Å². The summed E-state index contributed by atoms with van der Waals surface area (Å²) in [6.45, 7) is 0.826. The highest BCUT2D eigenvalue weighted by Crippen LogP contribution is 2.32. The molecule has 0 radical (unpaired) electrons. The van der Waals surface area contributed by atoms with Crippen LogP contribution >= 0.6 is 11.3 Å². The molecule has 33 heavy (non-hydrogen) atoms. The lowest BCUT2D eigenvalue weighted by atomic mass is 9.94. The topological polar surface area (TPSA) is 93.9 Å². The molecule has 0 spiro atoms. The van der Waals surface area contributed by atoms with Crippen LogP contribution in [0, 0.1) is 0 Å². The molecule has 0 unspecified atom stereocenters. The van der Waals surface area contributed by atoms with Crippen LogP contribution in [0.15, 0.2) is 46.3 Å². The molecule has 1 aromatic carbocycles. The molecule has 1 fully saturated rings. The monoisotopic (exact) mass is 467 g/mol. The summed E-state index contributed by atoms with van der Waals surface area (Å²) in [7, 11) is 0. The van der Waals surface area contributed by atoms with Crippen molar-refractivity contribution in [2.75, 3.05) is 6.79 Å². The Kier molecular flexibility index (Phi) is 6.30. The number of carbonyl (C=O) groups is 2. The van der Waals surface area contributed by atoms with Gasteiger partial charge in [0, 0.05) is 18.7 Å². The van der Waals surface area contributed by atoms with Gasteiger partial charge in [-0.25, -0.2) is 0 Å². The minimum Gasteiger partial charge on any atom is -0.454 e. The maximum atomic E-state index is 13.2. The number of benzene rings is 1. The Hall–Kier alpha value is -3.33. The van der Waals surface area contributed by atoms with Crippen LogP contribution in [0.2, 0.25) is 0 Å². The molecule has 1 aliphatic carbocycles. The van der Waals surface area contributed by atoms with Crippen LogP contribution < -0.4 is 14.8 Å². The standard InChI is InChI=1S/C24H25N3O5S/c28-23(25-13-16-8-9-20-21(11-16)31-15-30-20)19-12-18(32-26-19)14-27(17-5-2-1-3-6-17)24(29)22-7-4-10-33-22/h4,7-12,17H,1-3,5-6,13-15H2,(H,25,28). The Morgan fingerprint density at radius 2 is 1.94 bits per heavy atom. The zero-order valence-electron chi connectivity index (χ0n) is 18.1. The Balaban J connectivity index is 1.24. The number of nitrogens with zero attached hydrogens (tertiary/aromatic N) is 2. The molecule has 0 saturated heterocycles. The highest BCUT2D eigenvalue weighted by atomic mass is 32.1. The smallest absolute Gasteiger partial charge is 0.273 e. The number of nitrogens with one attached hydrogen (secondary N) is 1. The number of ether oxygens (including phenoxy) is 2. The molecular weight excluding hydrogens is 442 g/mol. The number of thiophene rings is 1. The van der Waals surface area contributed by atoms with Gasteiger partial charge < -0.3 is 24.2 Å². The van der Waals surface area contributed by atoms with Crippen LogP contribution in [0.1, 0.15) is 63.6 Å². The lowest BCUT2D eigenvalue weighted by Crippen LogP contribution is -2.40. The van der Waals surface area contributed by atoms with Gasteiger partial charge in [-0.2, -0.15) is 0 Å². The fourth-order valence-corrected chi connectivity index (χ4v) is 4.97. The van der Waals surface area contributed by atoms with Gasteiger partial charge in [0.2, 0.25) is 6.79 Å². The number of rotatable bonds is 7. The summed E-state index contributed by atoms with van der Waals surface area (Å²) in [6, 6.07) is 11.1. The van der Waals surface area contributed by atoms with Gasteiger partial charge in [-0.1, -0.05) is 36.6 Å². The van der Waals surface area contributed by atoms with Crippen LogP contribution in [-0.2, 0) is 13.1 Å². The molecule has 3 heterocycles. The average molecular weight is 468 g/mol. The molecule has 3 aromatic rings. The number of hydrogen-bond donors (Lipinski definition) is 1. The van der Waals surface area contributed by atoms with Crippen LogP contribution in [-0.4, -0.2) is 34.7 Å². The second-order valence-electron chi connectivity index (χ2n) is 8.25. The third kappa shape index (κ3) is 4.88. The van der Waals surface area contributed by atoms with E-state index in [0.717, 1.165) is 31.2 Å². The summed E-state index contributed by atoms with van der Waals surface area (Å²) >= 11 is 1.44.